The average Bonchev–Trinajstić information content (AvgIpc) is 2.34. The predicted octanol–water partition coefficient (Wildman–Crippen LogP) is 3.70. The van der Waals surface area contributed by atoms with Gasteiger partial charge in [0, 0.05) is 18.6 Å². The van der Waals surface area contributed by atoms with Crippen LogP contribution in [0, 0.1) is 5.41 Å². The highest BCUT2D eigenvalue weighted by molar-refractivity contribution is 5.20. The van der Waals surface area contributed by atoms with E-state index in [1.165, 1.54) is 5.56 Å². The van der Waals surface area contributed by atoms with Crippen LogP contribution in [0.2, 0.25) is 0 Å². The fourth-order valence-corrected chi connectivity index (χ4v) is 2.91. The van der Waals surface area contributed by atoms with Crippen molar-refractivity contribution in [1.82, 2.24) is 10.2 Å². The normalized spacial score (nSPS) is 15.5. The molecule has 0 saturated heterocycles. The highest BCUT2D eigenvalue weighted by Gasteiger charge is 2.26. The van der Waals surface area contributed by atoms with Gasteiger partial charge in [-0.1, -0.05) is 58.0 Å². The third-order valence-corrected chi connectivity index (χ3v) is 3.56. The summed E-state index contributed by atoms with van der Waals surface area (Å²) in [5.41, 5.74) is 1.70. The fraction of sp³-hybridized carbons (Fsp3) is 0.647. The van der Waals surface area contributed by atoms with Gasteiger partial charge in [0.1, 0.15) is 0 Å². The van der Waals surface area contributed by atoms with Gasteiger partial charge in [-0.3, -0.25) is 0 Å². The zero-order valence-electron chi connectivity index (χ0n) is 13.4. The molecule has 0 aliphatic carbocycles. The highest BCUT2D eigenvalue weighted by Crippen LogP contribution is 2.25. The van der Waals surface area contributed by atoms with Crippen molar-refractivity contribution in [1.29, 1.82) is 0 Å². The summed E-state index contributed by atoms with van der Waals surface area (Å²) < 4.78 is 0. The van der Waals surface area contributed by atoms with Crippen molar-refractivity contribution in [2.24, 2.45) is 5.41 Å². The molecule has 19 heavy (non-hydrogen) atoms. The van der Waals surface area contributed by atoms with Gasteiger partial charge in [0.25, 0.3) is 0 Å². The minimum Gasteiger partial charge on any atom is -0.312 e. The monoisotopic (exact) mass is 262 g/mol. The Morgan fingerprint density at radius 2 is 1.74 bits per heavy atom. The number of hydrogen-bond acceptors (Lipinski definition) is 2. The topological polar surface area (TPSA) is 15.3 Å². The quantitative estimate of drug-likeness (QED) is 0.841. The van der Waals surface area contributed by atoms with Gasteiger partial charge in [0.05, 0.1) is 0 Å². The molecule has 2 nitrogen and oxygen atoms in total. The maximum atomic E-state index is 3.49. The van der Waals surface area contributed by atoms with Crippen molar-refractivity contribution in [2.45, 2.75) is 46.2 Å². The molecule has 0 fully saturated rings. The van der Waals surface area contributed by atoms with Crippen molar-refractivity contribution in [3.8, 4) is 0 Å². The first-order chi connectivity index (χ1) is 8.89. The van der Waals surface area contributed by atoms with Crippen molar-refractivity contribution in [3.63, 3.8) is 0 Å². The van der Waals surface area contributed by atoms with E-state index in [9.17, 15) is 0 Å². The van der Waals surface area contributed by atoms with Crippen molar-refractivity contribution in [3.05, 3.63) is 35.9 Å². The van der Waals surface area contributed by atoms with Gasteiger partial charge in [-0.2, -0.15) is 0 Å². The molecule has 1 aromatic rings. The summed E-state index contributed by atoms with van der Waals surface area (Å²) in [5, 5.41) is 3.49. The van der Waals surface area contributed by atoms with Crippen LogP contribution in [0.4, 0.5) is 0 Å². The second-order valence-electron chi connectivity index (χ2n) is 6.63. The lowest BCUT2D eigenvalue weighted by Gasteiger charge is -2.37. The zero-order chi connectivity index (χ0) is 14.5. The molecule has 0 bridgehead atoms. The molecule has 0 radical (unpaired) electrons. The van der Waals surface area contributed by atoms with Crippen molar-refractivity contribution >= 4 is 0 Å². The van der Waals surface area contributed by atoms with E-state index in [0.29, 0.717) is 17.5 Å². The summed E-state index contributed by atoms with van der Waals surface area (Å²) in [6, 6.07) is 11.7. The number of nitrogens with one attached hydrogen (secondary N) is 1. The first-order valence-electron chi connectivity index (χ1n) is 7.31. The Kier molecular flexibility index (Phi) is 6.02. The lowest BCUT2D eigenvalue weighted by molar-refractivity contribution is 0.139. The van der Waals surface area contributed by atoms with E-state index < -0.39 is 0 Å². The first-order valence-corrected chi connectivity index (χ1v) is 7.31. The number of benzene rings is 1. The summed E-state index contributed by atoms with van der Waals surface area (Å²) in [5.74, 6) is 0. The number of rotatable bonds is 6. The molecule has 0 aromatic heterocycles. The van der Waals surface area contributed by atoms with E-state index in [0.717, 1.165) is 13.0 Å². The van der Waals surface area contributed by atoms with E-state index in [4.69, 9.17) is 0 Å². The van der Waals surface area contributed by atoms with Gasteiger partial charge < -0.3 is 10.2 Å². The Bertz CT molecular complexity index is 353. The van der Waals surface area contributed by atoms with E-state index in [1.807, 2.05) is 0 Å². The molecule has 1 aromatic carbocycles. The molecule has 0 aliphatic heterocycles. The number of hydrogen-bond donors (Lipinski definition) is 1. The standard InChI is InChI=1S/C17H30N2/c1-7-15(19(6)13-17(2,3)4)16(18-5)14-11-9-8-10-12-14/h8-12,15-16,18H,7,13H2,1-6H3. The van der Waals surface area contributed by atoms with Crippen LogP contribution in [0.5, 0.6) is 0 Å². The van der Waals surface area contributed by atoms with E-state index in [2.05, 4.69) is 82.3 Å². The minimum atomic E-state index is 0.331. The van der Waals surface area contributed by atoms with Gasteiger partial charge in [0.15, 0.2) is 0 Å². The second-order valence-corrected chi connectivity index (χ2v) is 6.63. The van der Waals surface area contributed by atoms with Crippen molar-refractivity contribution in [2.75, 3.05) is 20.6 Å². The molecule has 0 saturated carbocycles. The molecule has 1 N–H and O–H groups in total. The second kappa shape index (κ2) is 7.06. The lowest BCUT2D eigenvalue weighted by atomic mass is 9.92. The Balaban J connectivity index is 2.87. The van der Waals surface area contributed by atoms with Crippen LogP contribution in [0.1, 0.15) is 45.7 Å². The molecule has 0 amide bonds. The smallest absolute Gasteiger partial charge is 0.0475 e. The third-order valence-electron chi connectivity index (χ3n) is 3.56. The minimum absolute atomic E-state index is 0.331. The Morgan fingerprint density at radius 3 is 2.16 bits per heavy atom. The molecular formula is C17H30N2. The Labute approximate surface area is 119 Å². The van der Waals surface area contributed by atoms with Gasteiger partial charge in [-0.05, 0) is 31.5 Å². The largest absolute Gasteiger partial charge is 0.312 e. The summed E-state index contributed by atoms with van der Waals surface area (Å²) >= 11 is 0. The maximum Gasteiger partial charge on any atom is 0.0475 e. The van der Waals surface area contributed by atoms with Crippen LogP contribution in [-0.2, 0) is 0 Å². The summed E-state index contributed by atoms with van der Waals surface area (Å²) in [4.78, 5) is 2.49. The molecule has 2 heteroatoms. The third kappa shape index (κ3) is 4.96. The molecule has 0 aliphatic rings. The molecule has 2 unspecified atom stereocenters. The van der Waals surface area contributed by atoms with Crippen LogP contribution < -0.4 is 5.32 Å². The van der Waals surface area contributed by atoms with Crippen LogP contribution in [0.25, 0.3) is 0 Å². The van der Waals surface area contributed by atoms with Crippen molar-refractivity contribution < 1.29 is 0 Å². The highest BCUT2D eigenvalue weighted by atomic mass is 15.2. The number of nitrogens with zero attached hydrogens (tertiary/aromatic N) is 1. The zero-order valence-corrected chi connectivity index (χ0v) is 13.4. The molecular weight excluding hydrogens is 232 g/mol. The van der Waals surface area contributed by atoms with Gasteiger partial charge in [-0.25, -0.2) is 0 Å². The first kappa shape index (κ1) is 16.2. The molecule has 1 rings (SSSR count). The van der Waals surface area contributed by atoms with E-state index in [-0.39, 0.29) is 0 Å². The fourth-order valence-electron chi connectivity index (χ4n) is 2.91. The average molecular weight is 262 g/mol. The number of likely N-dealkylation sites (N-methyl/N-ethyl adjacent to an activating group) is 2. The molecule has 0 heterocycles. The lowest BCUT2D eigenvalue weighted by Crippen LogP contribution is -2.44. The summed E-state index contributed by atoms with van der Waals surface area (Å²) in [6.45, 7) is 10.3. The van der Waals surface area contributed by atoms with Gasteiger partial charge in [0.2, 0.25) is 0 Å². The molecule has 108 valence electrons. The Morgan fingerprint density at radius 1 is 1.16 bits per heavy atom. The van der Waals surface area contributed by atoms with Crippen LogP contribution in [-0.4, -0.2) is 31.6 Å². The van der Waals surface area contributed by atoms with Gasteiger partial charge >= 0.3 is 0 Å². The Hall–Kier alpha value is -0.860. The SMILES string of the molecule is CCC(C(NC)c1ccccc1)N(C)CC(C)(C)C. The van der Waals surface area contributed by atoms with Crippen LogP contribution >= 0.6 is 0 Å². The molecule has 2 atom stereocenters. The molecule has 0 spiro atoms. The van der Waals surface area contributed by atoms with Crippen LogP contribution in [0.15, 0.2) is 30.3 Å². The summed E-state index contributed by atoms with van der Waals surface area (Å²) in [6.07, 6.45) is 1.15. The maximum absolute atomic E-state index is 3.49. The summed E-state index contributed by atoms with van der Waals surface area (Å²) in [7, 11) is 4.30. The van der Waals surface area contributed by atoms with E-state index >= 15 is 0 Å². The van der Waals surface area contributed by atoms with Crippen LogP contribution in [0.3, 0.4) is 0 Å². The predicted molar refractivity (Wildman–Crippen MR) is 84.4 cm³/mol. The van der Waals surface area contributed by atoms with E-state index in [1.54, 1.807) is 0 Å². The van der Waals surface area contributed by atoms with Gasteiger partial charge in [-0.15, -0.1) is 0 Å².